The summed E-state index contributed by atoms with van der Waals surface area (Å²) in [6.07, 6.45) is 6.17. The fraction of sp³-hybridized carbons (Fsp3) is 0.368. The smallest absolute Gasteiger partial charge is 0.228 e. The second kappa shape index (κ2) is 7.38. The molecule has 120 valence electrons. The normalized spacial score (nSPS) is 13.4. The Morgan fingerprint density at radius 3 is 2.78 bits per heavy atom. The largest absolute Gasteiger partial charge is 0.312 e. The van der Waals surface area contributed by atoms with Gasteiger partial charge >= 0.3 is 0 Å². The molecule has 23 heavy (non-hydrogen) atoms. The highest BCUT2D eigenvalue weighted by Gasteiger charge is 2.23. The van der Waals surface area contributed by atoms with Crippen LogP contribution in [0.25, 0.3) is 0 Å². The van der Waals surface area contributed by atoms with Crippen molar-refractivity contribution in [2.75, 3.05) is 31.6 Å². The number of rotatable bonds is 6. The van der Waals surface area contributed by atoms with Gasteiger partial charge in [-0.05, 0) is 49.2 Å². The van der Waals surface area contributed by atoms with Gasteiger partial charge in [0.25, 0.3) is 0 Å². The summed E-state index contributed by atoms with van der Waals surface area (Å²) in [6.45, 7) is 2.56. The number of anilines is 1. The van der Waals surface area contributed by atoms with E-state index in [-0.39, 0.29) is 5.91 Å². The van der Waals surface area contributed by atoms with Crippen molar-refractivity contribution < 1.29 is 4.79 Å². The Hall–Kier alpha value is -2.20. The highest BCUT2D eigenvalue weighted by atomic mass is 16.2. The van der Waals surface area contributed by atoms with Crippen LogP contribution in [0.1, 0.15) is 17.5 Å². The van der Waals surface area contributed by atoms with E-state index in [2.05, 4.69) is 23.0 Å². The minimum Gasteiger partial charge on any atom is -0.312 e. The summed E-state index contributed by atoms with van der Waals surface area (Å²) in [5, 5.41) is 0. The molecule has 2 heterocycles. The molecule has 1 aliphatic heterocycles. The molecule has 0 N–H and O–H groups in total. The van der Waals surface area contributed by atoms with Gasteiger partial charge in [-0.1, -0.05) is 18.2 Å². The highest BCUT2D eigenvalue weighted by Crippen LogP contribution is 2.27. The molecular weight excluding hydrogens is 286 g/mol. The molecule has 2 aromatic rings. The van der Waals surface area contributed by atoms with Crippen molar-refractivity contribution >= 4 is 11.6 Å². The lowest BCUT2D eigenvalue weighted by atomic mass is 10.2. The number of fused-ring (bicyclic) bond motifs is 1. The number of benzene rings is 1. The van der Waals surface area contributed by atoms with Crippen LogP contribution in [0.2, 0.25) is 0 Å². The minimum absolute atomic E-state index is 0.228. The molecule has 0 aliphatic carbocycles. The number of likely N-dealkylation sites (N-methyl/N-ethyl adjacent to an activating group) is 1. The fourth-order valence-electron chi connectivity index (χ4n) is 3.00. The maximum absolute atomic E-state index is 12.5. The predicted octanol–water partition coefficient (Wildman–Crippen LogP) is 2.54. The molecule has 1 aromatic carbocycles. The number of pyridine rings is 1. The highest BCUT2D eigenvalue weighted by molar-refractivity contribution is 5.95. The first-order valence-corrected chi connectivity index (χ1v) is 8.20. The molecule has 0 atom stereocenters. The molecule has 4 nitrogen and oxygen atoms in total. The lowest BCUT2D eigenvalue weighted by Gasteiger charge is -2.20. The molecule has 1 amide bonds. The van der Waals surface area contributed by atoms with E-state index < -0.39 is 0 Å². The van der Waals surface area contributed by atoms with Crippen LogP contribution in [0.3, 0.4) is 0 Å². The predicted molar refractivity (Wildman–Crippen MR) is 92.6 cm³/mol. The quantitative estimate of drug-likeness (QED) is 0.823. The Labute approximate surface area is 137 Å². The van der Waals surface area contributed by atoms with Crippen LogP contribution in [0.15, 0.2) is 48.8 Å². The standard InChI is InChI=1S/C19H23N3O/c1-21(13-8-16-6-11-20-12-7-16)14-10-19(23)22-15-9-17-4-2-3-5-18(17)22/h2-7,11-12H,8-10,13-15H2,1H3. The zero-order chi connectivity index (χ0) is 16.1. The first-order chi connectivity index (χ1) is 11.2. The Balaban J connectivity index is 1.46. The summed E-state index contributed by atoms with van der Waals surface area (Å²) in [4.78, 5) is 20.7. The van der Waals surface area contributed by atoms with Crippen LogP contribution >= 0.6 is 0 Å². The van der Waals surface area contributed by atoms with Crippen molar-refractivity contribution in [3.8, 4) is 0 Å². The average molecular weight is 309 g/mol. The molecule has 1 aliphatic rings. The van der Waals surface area contributed by atoms with Gasteiger partial charge in [-0.15, -0.1) is 0 Å². The number of carbonyl (C=O) groups excluding carboxylic acids is 1. The van der Waals surface area contributed by atoms with Gasteiger partial charge in [0.15, 0.2) is 0 Å². The average Bonchev–Trinajstić information content (AvgIpc) is 3.03. The maximum Gasteiger partial charge on any atom is 0.228 e. The third kappa shape index (κ3) is 3.96. The van der Waals surface area contributed by atoms with Crippen LogP contribution in [0.4, 0.5) is 5.69 Å². The monoisotopic (exact) mass is 309 g/mol. The molecular formula is C19H23N3O. The van der Waals surface area contributed by atoms with Crippen LogP contribution in [0, 0.1) is 0 Å². The second-order valence-corrected chi connectivity index (χ2v) is 6.08. The van der Waals surface area contributed by atoms with Gasteiger partial charge in [0.05, 0.1) is 0 Å². The summed E-state index contributed by atoms with van der Waals surface area (Å²) in [6, 6.07) is 12.3. The van der Waals surface area contributed by atoms with Gasteiger partial charge in [-0.2, -0.15) is 0 Å². The molecule has 0 saturated heterocycles. The number of hydrogen-bond acceptors (Lipinski definition) is 3. The molecule has 1 aromatic heterocycles. The van der Waals surface area contributed by atoms with E-state index in [4.69, 9.17) is 0 Å². The third-order valence-electron chi connectivity index (χ3n) is 4.43. The van der Waals surface area contributed by atoms with Crippen LogP contribution in [-0.2, 0) is 17.6 Å². The van der Waals surface area contributed by atoms with E-state index in [1.165, 1.54) is 11.1 Å². The van der Waals surface area contributed by atoms with E-state index >= 15 is 0 Å². The molecule has 0 radical (unpaired) electrons. The van der Waals surface area contributed by atoms with Gasteiger partial charge in [0.2, 0.25) is 5.91 Å². The number of hydrogen-bond donors (Lipinski definition) is 0. The van der Waals surface area contributed by atoms with Crippen molar-refractivity contribution in [1.29, 1.82) is 0 Å². The molecule has 0 fully saturated rings. The van der Waals surface area contributed by atoms with E-state index in [0.29, 0.717) is 6.42 Å². The number of amides is 1. The lowest BCUT2D eigenvalue weighted by Crippen LogP contribution is -2.33. The van der Waals surface area contributed by atoms with Crippen molar-refractivity contribution in [2.24, 2.45) is 0 Å². The molecule has 0 saturated carbocycles. The molecule has 3 rings (SSSR count). The van der Waals surface area contributed by atoms with E-state index in [9.17, 15) is 4.79 Å². The van der Waals surface area contributed by atoms with Gasteiger partial charge in [-0.3, -0.25) is 9.78 Å². The Morgan fingerprint density at radius 2 is 1.96 bits per heavy atom. The van der Waals surface area contributed by atoms with Gasteiger partial charge in [-0.25, -0.2) is 0 Å². The van der Waals surface area contributed by atoms with Crippen molar-refractivity contribution in [3.63, 3.8) is 0 Å². The first kappa shape index (κ1) is 15.7. The zero-order valence-electron chi connectivity index (χ0n) is 13.6. The SMILES string of the molecule is CN(CCC(=O)N1CCc2ccccc21)CCc1ccncc1. The van der Waals surface area contributed by atoms with Crippen molar-refractivity contribution in [1.82, 2.24) is 9.88 Å². The Kier molecular flexibility index (Phi) is 5.03. The maximum atomic E-state index is 12.5. The molecule has 0 unspecified atom stereocenters. The van der Waals surface area contributed by atoms with Crippen LogP contribution in [0.5, 0.6) is 0 Å². The van der Waals surface area contributed by atoms with Crippen molar-refractivity contribution in [2.45, 2.75) is 19.3 Å². The summed E-state index contributed by atoms with van der Waals surface area (Å²) >= 11 is 0. The Bertz CT molecular complexity index is 657. The Morgan fingerprint density at radius 1 is 1.17 bits per heavy atom. The van der Waals surface area contributed by atoms with Gasteiger partial charge in [0, 0.05) is 44.1 Å². The minimum atomic E-state index is 0.228. The number of nitrogens with zero attached hydrogens (tertiary/aromatic N) is 3. The summed E-state index contributed by atoms with van der Waals surface area (Å²) in [5.41, 5.74) is 3.66. The zero-order valence-corrected chi connectivity index (χ0v) is 13.6. The van der Waals surface area contributed by atoms with Crippen LogP contribution in [-0.4, -0.2) is 42.5 Å². The van der Waals surface area contributed by atoms with E-state index in [1.54, 1.807) is 0 Å². The third-order valence-corrected chi connectivity index (χ3v) is 4.43. The number of carbonyl (C=O) groups is 1. The lowest BCUT2D eigenvalue weighted by molar-refractivity contribution is -0.118. The van der Waals surface area contributed by atoms with Gasteiger partial charge in [0.1, 0.15) is 0 Å². The van der Waals surface area contributed by atoms with E-state index in [1.807, 2.05) is 47.6 Å². The molecule has 0 bridgehead atoms. The second-order valence-electron chi connectivity index (χ2n) is 6.08. The van der Waals surface area contributed by atoms with E-state index in [0.717, 1.165) is 38.2 Å². The summed E-state index contributed by atoms with van der Waals surface area (Å²) in [7, 11) is 2.08. The summed E-state index contributed by atoms with van der Waals surface area (Å²) in [5.74, 6) is 0.228. The van der Waals surface area contributed by atoms with Gasteiger partial charge < -0.3 is 9.80 Å². The summed E-state index contributed by atoms with van der Waals surface area (Å²) < 4.78 is 0. The molecule has 0 spiro atoms. The van der Waals surface area contributed by atoms with Crippen LogP contribution < -0.4 is 4.90 Å². The number of aromatic nitrogens is 1. The first-order valence-electron chi connectivity index (χ1n) is 8.20. The fourth-order valence-corrected chi connectivity index (χ4v) is 3.00. The topological polar surface area (TPSA) is 36.4 Å². The number of para-hydroxylation sites is 1. The van der Waals surface area contributed by atoms with Crippen molar-refractivity contribution in [3.05, 3.63) is 59.9 Å². The molecule has 4 heteroatoms.